The van der Waals surface area contributed by atoms with Crippen molar-refractivity contribution in [2.24, 2.45) is 0 Å². The van der Waals surface area contributed by atoms with Crippen LogP contribution in [-0.4, -0.2) is 66.5 Å². The van der Waals surface area contributed by atoms with Crippen LogP contribution in [-0.2, 0) is 0 Å². The zero-order valence-corrected chi connectivity index (χ0v) is 18.4. The van der Waals surface area contributed by atoms with Crippen molar-refractivity contribution in [3.8, 4) is 11.5 Å². The van der Waals surface area contributed by atoms with Gasteiger partial charge in [0.05, 0.1) is 12.1 Å². The molecule has 0 saturated carbocycles. The zero-order valence-electron chi connectivity index (χ0n) is 18.4. The quantitative estimate of drug-likeness (QED) is 0.604. The van der Waals surface area contributed by atoms with Gasteiger partial charge in [-0.3, -0.25) is 4.90 Å². The second-order valence-electron chi connectivity index (χ2n) is 8.61. The van der Waals surface area contributed by atoms with Gasteiger partial charge in [-0.05, 0) is 61.5 Å². The summed E-state index contributed by atoms with van der Waals surface area (Å²) in [5.74, 6) is 1.15. The minimum atomic E-state index is -0.245. The predicted octanol–water partition coefficient (Wildman–Crippen LogP) is 4.03. The summed E-state index contributed by atoms with van der Waals surface area (Å²) in [4.78, 5) is 4.47. The topological polar surface area (TPSA) is 56.2 Å². The molecule has 1 atom stereocenters. The van der Waals surface area contributed by atoms with Crippen molar-refractivity contribution in [1.82, 2.24) is 9.80 Å². The van der Waals surface area contributed by atoms with Gasteiger partial charge in [0, 0.05) is 25.2 Å². The van der Waals surface area contributed by atoms with E-state index in [9.17, 15) is 10.2 Å². The summed E-state index contributed by atoms with van der Waals surface area (Å²) < 4.78 is 5.87. The number of hydrogen-bond donors (Lipinski definition) is 2. The van der Waals surface area contributed by atoms with Crippen LogP contribution < -0.4 is 4.74 Å². The molecule has 1 aliphatic heterocycles. The number of nitrogens with zero attached hydrogens (tertiary/aromatic N) is 2. The molecule has 5 heteroatoms. The lowest BCUT2D eigenvalue weighted by atomic mass is 9.90. The first kappa shape index (κ1) is 21.6. The highest BCUT2D eigenvalue weighted by Gasteiger charge is 2.29. The molecule has 3 aromatic carbocycles. The molecule has 1 heterocycles. The van der Waals surface area contributed by atoms with Gasteiger partial charge in [-0.15, -0.1) is 0 Å². The average Bonchev–Trinajstić information content (AvgIpc) is 2.77. The molecule has 0 spiro atoms. The third kappa shape index (κ3) is 5.01. The van der Waals surface area contributed by atoms with Gasteiger partial charge in [0.2, 0.25) is 0 Å². The van der Waals surface area contributed by atoms with Gasteiger partial charge in [0.15, 0.2) is 0 Å². The van der Waals surface area contributed by atoms with Gasteiger partial charge < -0.3 is 19.8 Å². The van der Waals surface area contributed by atoms with Crippen molar-refractivity contribution >= 4 is 10.8 Å². The minimum Gasteiger partial charge on any atom is -0.508 e. The van der Waals surface area contributed by atoms with Crippen LogP contribution in [0.4, 0.5) is 0 Å². The van der Waals surface area contributed by atoms with E-state index in [1.54, 1.807) is 6.07 Å². The Bertz CT molecular complexity index is 995. The van der Waals surface area contributed by atoms with E-state index >= 15 is 0 Å². The van der Waals surface area contributed by atoms with Gasteiger partial charge in [-0.25, -0.2) is 0 Å². The fourth-order valence-electron chi connectivity index (χ4n) is 4.37. The van der Waals surface area contributed by atoms with Crippen molar-refractivity contribution in [3.63, 3.8) is 0 Å². The molecule has 2 N–H and O–H groups in total. The highest BCUT2D eigenvalue weighted by molar-refractivity contribution is 5.88. The second kappa shape index (κ2) is 9.69. The van der Waals surface area contributed by atoms with Gasteiger partial charge in [0.25, 0.3) is 0 Å². The summed E-state index contributed by atoms with van der Waals surface area (Å²) in [7, 11) is 4.06. The predicted molar refractivity (Wildman–Crippen MR) is 125 cm³/mol. The number of piperidine rings is 1. The number of rotatable bonds is 7. The van der Waals surface area contributed by atoms with E-state index in [0.29, 0.717) is 12.4 Å². The number of hydrogen-bond acceptors (Lipinski definition) is 5. The molecule has 0 amide bonds. The molecule has 1 fully saturated rings. The Morgan fingerprint density at radius 3 is 2.42 bits per heavy atom. The van der Waals surface area contributed by atoms with E-state index in [2.05, 4.69) is 34.1 Å². The van der Waals surface area contributed by atoms with E-state index in [0.717, 1.165) is 60.1 Å². The molecule has 5 nitrogen and oxygen atoms in total. The van der Waals surface area contributed by atoms with E-state index in [-0.39, 0.29) is 12.1 Å². The Balaban J connectivity index is 1.70. The first-order valence-electron chi connectivity index (χ1n) is 11.0. The molecule has 0 aliphatic carbocycles. The lowest BCUT2D eigenvalue weighted by molar-refractivity contribution is 0.0686. The molecule has 1 aliphatic rings. The number of aromatic hydroxyl groups is 1. The maximum Gasteiger partial charge on any atom is 0.121 e. The minimum absolute atomic E-state index is 0.0885. The van der Waals surface area contributed by atoms with E-state index in [4.69, 9.17) is 4.74 Å². The Hall–Kier alpha value is -2.60. The van der Waals surface area contributed by atoms with Gasteiger partial charge in [-0.2, -0.15) is 0 Å². The van der Waals surface area contributed by atoms with Gasteiger partial charge in [-0.1, -0.05) is 42.5 Å². The van der Waals surface area contributed by atoms with Gasteiger partial charge in [0.1, 0.15) is 18.1 Å². The van der Waals surface area contributed by atoms with E-state index < -0.39 is 0 Å². The lowest BCUT2D eigenvalue weighted by Gasteiger charge is -2.37. The van der Waals surface area contributed by atoms with Crippen LogP contribution in [0.1, 0.15) is 30.0 Å². The molecule has 4 rings (SSSR count). The molecule has 1 unspecified atom stereocenters. The van der Waals surface area contributed by atoms with Crippen molar-refractivity contribution in [1.29, 1.82) is 0 Å². The van der Waals surface area contributed by atoms with Crippen LogP contribution in [0.3, 0.4) is 0 Å². The standard InChI is InChI=1S/C26H32N2O3/c1-27(2)17-18-31-22-10-7-20(8-11-22)26(28-15-13-21(29)14-16-28)25-23-6-4-3-5-19(23)9-12-24(25)30/h3-12,21,26,29-30H,13-18H2,1-2H3. The van der Waals surface area contributed by atoms with Crippen LogP contribution in [0, 0.1) is 0 Å². The molecule has 1 saturated heterocycles. The molecule has 0 radical (unpaired) electrons. The molecule has 31 heavy (non-hydrogen) atoms. The van der Waals surface area contributed by atoms with Crippen molar-refractivity contribution in [2.45, 2.75) is 25.0 Å². The lowest BCUT2D eigenvalue weighted by Crippen LogP contribution is -2.39. The van der Waals surface area contributed by atoms with Crippen LogP contribution in [0.15, 0.2) is 60.7 Å². The third-order valence-electron chi connectivity index (χ3n) is 6.09. The molecule has 0 aromatic heterocycles. The molecule has 3 aromatic rings. The summed E-state index contributed by atoms with van der Waals surface area (Å²) >= 11 is 0. The average molecular weight is 421 g/mol. The first-order valence-corrected chi connectivity index (χ1v) is 11.0. The maximum absolute atomic E-state index is 10.9. The van der Waals surface area contributed by atoms with Crippen LogP contribution in [0.25, 0.3) is 10.8 Å². The summed E-state index contributed by atoms with van der Waals surface area (Å²) in [6, 6.07) is 20.1. The van der Waals surface area contributed by atoms with Crippen molar-refractivity contribution in [2.75, 3.05) is 40.3 Å². The number of aliphatic hydroxyl groups is 1. The number of phenolic OH excluding ortho intramolecular Hbond substituents is 1. The van der Waals surface area contributed by atoms with E-state index in [1.165, 1.54) is 0 Å². The number of benzene rings is 3. The smallest absolute Gasteiger partial charge is 0.121 e. The normalized spacial score (nSPS) is 16.6. The summed E-state index contributed by atoms with van der Waals surface area (Å²) in [6.45, 7) is 3.08. The Morgan fingerprint density at radius 1 is 1.00 bits per heavy atom. The summed E-state index contributed by atoms with van der Waals surface area (Å²) in [6.07, 6.45) is 1.24. The summed E-state index contributed by atoms with van der Waals surface area (Å²) in [5, 5.41) is 23.2. The SMILES string of the molecule is CN(C)CCOc1ccc(C(c2c(O)ccc3ccccc23)N2CCC(O)CC2)cc1. The Morgan fingerprint density at radius 2 is 1.71 bits per heavy atom. The highest BCUT2D eigenvalue weighted by Crippen LogP contribution is 2.40. The number of fused-ring (bicyclic) bond motifs is 1. The Kier molecular flexibility index (Phi) is 6.76. The number of likely N-dealkylation sites (tertiary alicyclic amines) is 1. The third-order valence-corrected chi connectivity index (χ3v) is 6.09. The van der Waals surface area contributed by atoms with Crippen molar-refractivity contribution in [3.05, 3.63) is 71.8 Å². The highest BCUT2D eigenvalue weighted by atomic mass is 16.5. The first-order chi connectivity index (χ1) is 15.0. The van der Waals surface area contributed by atoms with Crippen LogP contribution in [0.5, 0.6) is 11.5 Å². The number of phenols is 1. The largest absolute Gasteiger partial charge is 0.508 e. The number of likely N-dealkylation sites (N-methyl/N-ethyl adjacent to an activating group) is 1. The zero-order chi connectivity index (χ0) is 21.8. The summed E-state index contributed by atoms with van der Waals surface area (Å²) in [5.41, 5.74) is 2.04. The monoisotopic (exact) mass is 420 g/mol. The van der Waals surface area contributed by atoms with E-state index in [1.807, 2.05) is 44.4 Å². The second-order valence-corrected chi connectivity index (χ2v) is 8.61. The van der Waals surface area contributed by atoms with Crippen LogP contribution >= 0.6 is 0 Å². The number of aliphatic hydroxyl groups excluding tert-OH is 1. The molecular formula is C26H32N2O3. The van der Waals surface area contributed by atoms with Crippen LogP contribution in [0.2, 0.25) is 0 Å². The Labute approximate surface area is 184 Å². The molecule has 164 valence electrons. The maximum atomic E-state index is 10.9. The fraction of sp³-hybridized carbons (Fsp3) is 0.385. The number of ether oxygens (including phenoxy) is 1. The van der Waals surface area contributed by atoms with Gasteiger partial charge >= 0.3 is 0 Å². The molecular weight excluding hydrogens is 388 g/mol. The fourth-order valence-corrected chi connectivity index (χ4v) is 4.37. The molecule has 0 bridgehead atoms. The van der Waals surface area contributed by atoms with Crippen molar-refractivity contribution < 1.29 is 14.9 Å².